The van der Waals surface area contributed by atoms with E-state index in [-0.39, 0.29) is 12.4 Å². The summed E-state index contributed by atoms with van der Waals surface area (Å²) in [7, 11) is 0. The van der Waals surface area contributed by atoms with E-state index in [1.165, 1.54) is 22.5 Å². The van der Waals surface area contributed by atoms with Crippen LogP contribution in [-0.4, -0.2) is 0 Å². The van der Waals surface area contributed by atoms with Crippen molar-refractivity contribution in [1.82, 2.24) is 4.48 Å². The van der Waals surface area contributed by atoms with Gasteiger partial charge in [0.05, 0.1) is 0 Å². The first kappa shape index (κ1) is 19.9. The number of rotatable bonds is 6. The van der Waals surface area contributed by atoms with E-state index in [1.807, 2.05) is 0 Å². The fraction of sp³-hybridized carbons (Fsp3) is 0.0769. The van der Waals surface area contributed by atoms with Crippen LogP contribution in [0.5, 0.6) is 0 Å². The van der Waals surface area contributed by atoms with Gasteiger partial charge in [0, 0.05) is 11.1 Å². The third-order valence-corrected chi connectivity index (χ3v) is 5.09. The van der Waals surface area contributed by atoms with Crippen LogP contribution in [0.15, 0.2) is 121 Å². The van der Waals surface area contributed by atoms with Crippen LogP contribution in [-0.2, 0) is 13.1 Å². The fourth-order valence-electron chi connectivity index (χ4n) is 3.79. The van der Waals surface area contributed by atoms with Crippen molar-refractivity contribution in [2.75, 3.05) is 0 Å². The molecule has 0 bridgehead atoms. The number of hydrogen-bond acceptors (Lipinski definition) is 0. The molecule has 0 amide bonds. The van der Waals surface area contributed by atoms with Gasteiger partial charge in [-0.1, -0.05) is 97.1 Å². The van der Waals surface area contributed by atoms with Crippen molar-refractivity contribution in [2.24, 2.45) is 0 Å². The molecular formula is C26H24ClN. The Morgan fingerprint density at radius 3 is 1.00 bits per heavy atom. The molecule has 140 valence electrons. The Labute approximate surface area is 173 Å². The van der Waals surface area contributed by atoms with Crippen molar-refractivity contribution >= 4 is 11.4 Å². The van der Waals surface area contributed by atoms with Crippen LogP contribution < -0.4 is 16.9 Å². The summed E-state index contributed by atoms with van der Waals surface area (Å²) in [6.07, 6.45) is 0. The zero-order chi connectivity index (χ0) is 18.4. The molecule has 0 saturated carbocycles. The number of nitrogens with zero attached hydrogens (tertiary/aromatic N) is 1. The van der Waals surface area contributed by atoms with Crippen LogP contribution in [0.3, 0.4) is 0 Å². The molecule has 0 unspecified atom stereocenters. The SMILES string of the molecule is [Cl-].c1ccc(C[N+](Cc2ccccc2)(c2ccccc2)c2ccccc2)cc1. The topological polar surface area (TPSA) is 0 Å². The third kappa shape index (κ3) is 4.33. The molecule has 0 spiro atoms. The summed E-state index contributed by atoms with van der Waals surface area (Å²) in [5.41, 5.74) is 5.27. The van der Waals surface area contributed by atoms with Gasteiger partial charge in [0.15, 0.2) is 0 Å². The van der Waals surface area contributed by atoms with Crippen LogP contribution in [0.2, 0.25) is 0 Å². The fourth-order valence-corrected chi connectivity index (χ4v) is 3.79. The Morgan fingerprint density at radius 1 is 0.393 bits per heavy atom. The first-order valence-electron chi connectivity index (χ1n) is 9.43. The van der Waals surface area contributed by atoms with Crippen molar-refractivity contribution in [3.05, 3.63) is 132 Å². The predicted molar refractivity (Wildman–Crippen MR) is 115 cm³/mol. The average Bonchev–Trinajstić information content (AvgIpc) is 2.76. The zero-order valence-electron chi connectivity index (χ0n) is 15.8. The lowest BCUT2D eigenvalue weighted by Gasteiger charge is -2.38. The quantitative estimate of drug-likeness (QED) is 0.444. The Hall–Kier alpha value is -2.87. The Balaban J connectivity index is 0.00000225. The van der Waals surface area contributed by atoms with E-state index in [2.05, 4.69) is 121 Å². The van der Waals surface area contributed by atoms with E-state index in [4.69, 9.17) is 0 Å². The van der Waals surface area contributed by atoms with E-state index in [9.17, 15) is 0 Å². The van der Waals surface area contributed by atoms with Crippen molar-refractivity contribution in [3.8, 4) is 0 Å². The minimum atomic E-state index is 0. The van der Waals surface area contributed by atoms with Gasteiger partial charge in [0.2, 0.25) is 0 Å². The van der Waals surface area contributed by atoms with Gasteiger partial charge in [-0.2, -0.15) is 0 Å². The number of halogens is 1. The van der Waals surface area contributed by atoms with Crippen LogP contribution in [0.4, 0.5) is 11.4 Å². The minimum Gasteiger partial charge on any atom is -1.00 e. The van der Waals surface area contributed by atoms with Crippen molar-refractivity contribution < 1.29 is 12.4 Å². The maximum atomic E-state index is 2.25. The largest absolute Gasteiger partial charge is 1.00 e. The predicted octanol–water partition coefficient (Wildman–Crippen LogP) is 3.73. The van der Waals surface area contributed by atoms with E-state index in [0.717, 1.165) is 17.6 Å². The van der Waals surface area contributed by atoms with Crippen molar-refractivity contribution in [3.63, 3.8) is 0 Å². The summed E-state index contributed by atoms with van der Waals surface area (Å²) in [6.45, 7) is 1.81. The molecule has 1 nitrogen and oxygen atoms in total. The monoisotopic (exact) mass is 385 g/mol. The van der Waals surface area contributed by atoms with Gasteiger partial charge in [-0.3, -0.25) is 4.48 Å². The van der Waals surface area contributed by atoms with Crippen LogP contribution in [0.25, 0.3) is 0 Å². The highest BCUT2D eigenvalue weighted by molar-refractivity contribution is 5.59. The molecule has 0 aromatic heterocycles. The average molecular weight is 386 g/mol. The normalized spacial score (nSPS) is 10.9. The van der Waals surface area contributed by atoms with Gasteiger partial charge in [0.25, 0.3) is 0 Å². The molecule has 0 fully saturated rings. The summed E-state index contributed by atoms with van der Waals surface area (Å²) in [4.78, 5) is 0. The first-order valence-corrected chi connectivity index (χ1v) is 9.43. The summed E-state index contributed by atoms with van der Waals surface area (Å²) < 4.78 is 0.760. The first-order chi connectivity index (χ1) is 13.4. The second-order valence-electron chi connectivity index (χ2n) is 6.93. The minimum absolute atomic E-state index is 0. The maximum absolute atomic E-state index is 2.25. The van der Waals surface area contributed by atoms with Gasteiger partial charge >= 0.3 is 0 Å². The smallest absolute Gasteiger partial charge is 0.138 e. The molecule has 4 aromatic carbocycles. The molecule has 0 aliphatic heterocycles. The Morgan fingerprint density at radius 2 is 0.679 bits per heavy atom. The third-order valence-electron chi connectivity index (χ3n) is 5.09. The number of benzene rings is 4. The lowest BCUT2D eigenvalue weighted by Crippen LogP contribution is -3.00. The van der Waals surface area contributed by atoms with E-state index < -0.39 is 0 Å². The molecule has 0 heterocycles. The highest BCUT2D eigenvalue weighted by Crippen LogP contribution is 2.38. The summed E-state index contributed by atoms with van der Waals surface area (Å²) in [5, 5.41) is 0. The van der Waals surface area contributed by atoms with E-state index in [0.29, 0.717) is 0 Å². The Kier molecular flexibility index (Phi) is 6.65. The van der Waals surface area contributed by atoms with Gasteiger partial charge < -0.3 is 12.4 Å². The molecule has 0 aliphatic rings. The molecular weight excluding hydrogens is 362 g/mol. The molecule has 0 atom stereocenters. The molecule has 28 heavy (non-hydrogen) atoms. The molecule has 0 aliphatic carbocycles. The van der Waals surface area contributed by atoms with Crippen LogP contribution >= 0.6 is 0 Å². The lowest BCUT2D eigenvalue weighted by molar-refractivity contribution is -0.00000535. The van der Waals surface area contributed by atoms with Gasteiger partial charge in [-0.05, 0) is 24.3 Å². The molecule has 4 rings (SSSR count). The second kappa shape index (κ2) is 9.36. The maximum Gasteiger partial charge on any atom is 0.138 e. The number of quaternary nitrogens is 1. The van der Waals surface area contributed by atoms with E-state index >= 15 is 0 Å². The Bertz CT molecular complexity index is 871. The molecule has 0 N–H and O–H groups in total. The van der Waals surface area contributed by atoms with Crippen LogP contribution in [0.1, 0.15) is 11.1 Å². The molecule has 0 saturated heterocycles. The lowest BCUT2D eigenvalue weighted by atomic mass is 10.1. The van der Waals surface area contributed by atoms with Crippen molar-refractivity contribution in [2.45, 2.75) is 13.1 Å². The second-order valence-corrected chi connectivity index (χ2v) is 6.93. The van der Waals surface area contributed by atoms with Crippen LogP contribution in [0, 0.1) is 0 Å². The number of hydrogen-bond donors (Lipinski definition) is 0. The van der Waals surface area contributed by atoms with E-state index in [1.54, 1.807) is 0 Å². The zero-order valence-corrected chi connectivity index (χ0v) is 16.5. The van der Waals surface area contributed by atoms with Crippen molar-refractivity contribution in [1.29, 1.82) is 0 Å². The van der Waals surface area contributed by atoms with Gasteiger partial charge in [0.1, 0.15) is 24.5 Å². The molecule has 2 heteroatoms. The molecule has 4 aromatic rings. The summed E-state index contributed by atoms with van der Waals surface area (Å²) >= 11 is 0. The summed E-state index contributed by atoms with van der Waals surface area (Å²) in [6, 6.07) is 43.3. The standard InChI is InChI=1S/C26H24N.ClH/c1-5-13-23(14-6-1)21-27(25-17-9-3-10-18-25,26-19-11-4-12-20-26)22-24-15-7-2-8-16-24;/h1-20H,21-22H2;1H/q+1;/p-1. The van der Waals surface area contributed by atoms with Gasteiger partial charge in [-0.15, -0.1) is 0 Å². The summed E-state index contributed by atoms with van der Waals surface area (Å²) in [5.74, 6) is 0. The highest BCUT2D eigenvalue weighted by Gasteiger charge is 2.34. The number of para-hydroxylation sites is 2. The highest BCUT2D eigenvalue weighted by atomic mass is 35.5. The van der Waals surface area contributed by atoms with Gasteiger partial charge in [-0.25, -0.2) is 0 Å². The molecule has 0 radical (unpaired) electrons.